The summed E-state index contributed by atoms with van der Waals surface area (Å²) in [5, 5.41) is 8.79. The van der Waals surface area contributed by atoms with Gasteiger partial charge in [0.15, 0.2) is 0 Å². The van der Waals surface area contributed by atoms with Crippen molar-refractivity contribution >= 4 is 23.8 Å². The second-order valence-corrected chi connectivity index (χ2v) is 3.42. The third kappa shape index (κ3) is 2.65. The van der Waals surface area contributed by atoms with Crippen LogP contribution in [0.25, 0.3) is 11.1 Å². The molecular weight excluding hydrogens is 236 g/mol. The summed E-state index contributed by atoms with van der Waals surface area (Å²) in [5.41, 5.74) is 14.9. The number of rotatable bonds is 1. The van der Waals surface area contributed by atoms with Gasteiger partial charge in [0.1, 0.15) is 6.07 Å². The highest BCUT2D eigenvalue weighted by Crippen LogP contribution is 2.27. The van der Waals surface area contributed by atoms with Crippen molar-refractivity contribution in [2.24, 2.45) is 0 Å². The number of hydrogen-bond donors (Lipinski definition) is 2. The molecule has 0 fully saturated rings. The van der Waals surface area contributed by atoms with Gasteiger partial charge in [-0.05, 0) is 24.3 Å². The van der Waals surface area contributed by atoms with Gasteiger partial charge in [-0.25, -0.2) is 0 Å². The molecule has 17 heavy (non-hydrogen) atoms. The number of nitrogens with zero attached hydrogens (tertiary/aromatic N) is 2. The maximum absolute atomic E-state index is 8.79. The predicted octanol–water partition coefficient (Wildman–Crippen LogP) is 2.21. The highest BCUT2D eigenvalue weighted by Gasteiger charge is 2.04. The summed E-state index contributed by atoms with van der Waals surface area (Å²) in [5.74, 6) is 0. The molecular formula is C12H11ClN4. The Bertz CT molecular complexity index is 575. The topological polar surface area (TPSA) is 88.7 Å². The normalized spacial score (nSPS) is 9.12. The van der Waals surface area contributed by atoms with Crippen molar-refractivity contribution in [2.75, 3.05) is 11.5 Å². The average Bonchev–Trinajstić information content (AvgIpc) is 2.32. The average molecular weight is 247 g/mol. The van der Waals surface area contributed by atoms with E-state index in [4.69, 9.17) is 16.7 Å². The van der Waals surface area contributed by atoms with Gasteiger partial charge in [-0.2, -0.15) is 5.26 Å². The highest BCUT2D eigenvalue weighted by atomic mass is 35.5. The summed E-state index contributed by atoms with van der Waals surface area (Å²) in [4.78, 5) is 3.98. The number of halogens is 1. The van der Waals surface area contributed by atoms with Crippen LogP contribution in [-0.2, 0) is 0 Å². The summed E-state index contributed by atoms with van der Waals surface area (Å²) < 4.78 is 0. The number of benzene rings is 1. The summed E-state index contributed by atoms with van der Waals surface area (Å²) >= 11 is 0. The molecule has 1 heterocycles. The van der Waals surface area contributed by atoms with Gasteiger partial charge >= 0.3 is 0 Å². The molecule has 0 bridgehead atoms. The van der Waals surface area contributed by atoms with Crippen LogP contribution >= 0.6 is 12.4 Å². The SMILES string of the molecule is Cl.N#Cc1cncc(-c2cc(N)ccc2N)c1. The minimum atomic E-state index is 0. The standard InChI is InChI=1S/C12H10N4.ClH/c13-5-8-3-9(7-16-6-8)11-4-10(14)1-2-12(11)15;/h1-4,6-7H,14-15H2;1H. The predicted molar refractivity (Wildman–Crippen MR) is 70.5 cm³/mol. The second-order valence-electron chi connectivity index (χ2n) is 3.42. The summed E-state index contributed by atoms with van der Waals surface area (Å²) in [6.07, 6.45) is 3.16. The van der Waals surface area contributed by atoms with Crippen molar-refractivity contribution in [2.45, 2.75) is 0 Å². The molecule has 1 aromatic heterocycles. The zero-order valence-electron chi connectivity index (χ0n) is 8.92. The van der Waals surface area contributed by atoms with Gasteiger partial charge in [-0.1, -0.05) is 0 Å². The van der Waals surface area contributed by atoms with Crippen LogP contribution < -0.4 is 11.5 Å². The Kier molecular flexibility index (Phi) is 3.91. The fraction of sp³-hybridized carbons (Fsp3) is 0. The monoisotopic (exact) mass is 246 g/mol. The Morgan fingerprint density at radius 2 is 1.88 bits per heavy atom. The molecule has 0 radical (unpaired) electrons. The van der Waals surface area contributed by atoms with E-state index >= 15 is 0 Å². The molecule has 0 aliphatic carbocycles. The maximum Gasteiger partial charge on any atom is 0.101 e. The van der Waals surface area contributed by atoms with Crippen molar-refractivity contribution in [3.05, 3.63) is 42.2 Å². The van der Waals surface area contributed by atoms with E-state index in [9.17, 15) is 0 Å². The fourth-order valence-electron chi connectivity index (χ4n) is 1.47. The van der Waals surface area contributed by atoms with E-state index < -0.39 is 0 Å². The van der Waals surface area contributed by atoms with E-state index in [1.165, 1.54) is 6.20 Å². The van der Waals surface area contributed by atoms with Gasteiger partial charge < -0.3 is 11.5 Å². The highest BCUT2D eigenvalue weighted by molar-refractivity contribution is 5.85. The lowest BCUT2D eigenvalue weighted by molar-refractivity contribution is 1.30. The van der Waals surface area contributed by atoms with Crippen LogP contribution in [0.3, 0.4) is 0 Å². The van der Waals surface area contributed by atoms with Crippen molar-refractivity contribution in [1.29, 1.82) is 5.26 Å². The van der Waals surface area contributed by atoms with E-state index in [-0.39, 0.29) is 12.4 Å². The molecule has 0 aliphatic heterocycles. The number of anilines is 2. The molecule has 2 rings (SSSR count). The van der Waals surface area contributed by atoms with Gasteiger partial charge in [-0.15, -0.1) is 12.4 Å². The van der Waals surface area contributed by atoms with Gasteiger partial charge in [-0.3, -0.25) is 4.98 Å². The Hall–Kier alpha value is -2.25. The first-order valence-corrected chi connectivity index (χ1v) is 4.71. The number of aromatic nitrogens is 1. The van der Waals surface area contributed by atoms with Crippen molar-refractivity contribution in [3.8, 4) is 17.2 Å². The third-order valence-electron chi connectivity index (χ3n) is 2.26. The summed E-state index contributed by atoms with van der Waals surface area (Å²) in [6, 6.07) is 9.02. The molecule has 0 atom stereocenters. The van der Waals surface area contributed by atoms with E-state index in [1.54, 1.807) is 30.5 Å². The molecule has 1 aromatic carbocycles. The van der Waals surface area contributed by atoms with Crippen molar-refractivity contribution in [3.63, 3.8) is 0 Å². The van der Waals surface area contributed by atoms with Crippen molar-refractivity contribution in [1.82, 2.24) is 4.98 Å². The molecule has 0 amide bonds. The van der Waals surface area contributed by atoms with Crippen LogP contribution in [0, 0.1) is 11.3 Å². The number of nitrogens with two attached hydrogens (primary N) is 2. The van der Waals surface area contributed by atoms with Crippen LogP contribution in [-0.4, -0.2) is 4.98 Å². The Morgan fingerprint density at radius 3 is 2.59 bits per heavy atom. The molecule has 0 unspecified atom stereocenters. The van der Waals surface area contributed by atoms with Crippen LogP contribution in [0.15, 0.2) is 36.7 Å². The van der Waals surface area contributed by atoms with E-state index in [2.05, 4.69) is 4.98 Å². The van der Waals surface area contributed by atoms with Crippen LogP contribution in [0.4, 0.5) is 11.4 Å². The largest absolute Gasteiger partial charge is 0.399 e. The molecule has 0 saturated carbocycles. The van der Waals surface area contributed by atoms with Gasteiger partial charge in [0, 0.05) is 34.9 Å². The Labute approximate surface area is 105 Å². The Morgan fingerprint density at radius 1 is 1.12 bits per heavy atom. The van der Waals surface area contributed by atoms with E-state index in [1.807, 2.05) is 6.07 Å². The molecule has 0 spiro atoms. The lowest BCUT2D eigenvalue weighted by atomic mass is 10.0. The lowest BCUT2D eigenvalue weighted by Gasteiger charge is -2.06. The first kappa shape index (κ1) is 12.8. The summed E-state index contributed by atoms with van der Waals surface area (Å²) in [6.45, 7) is 0. The zero-order chi connectivity index (χ0) is 11.5. The Balaban J connectivity index is 0.00000144. The number of pyridine rings is 1. The minimum Gasteiger partial charge on any atom is -0.399 e. The summed E-state index contributed by atoms with van der Waals surface area (Å²) in [7, 11) is 0. The zero-order valence-corrected chi connectivity index (χ0v) is 9.74. The third-order valence-corrected chi connectivity index (χ3v) is 2.26. The molecule has 5 heteroatoms. The lowest BCUT2D eigenvalue weighted by Crippen LogP contribution is -1.93. The quantitative estimate of drug-likeness (QED) is 0.755. The van der Waals surface area contributed by atoms with Gasteiger partial charge in [0.05, 0.1) is 5.56 Å². The minimum absolute atomic E-state index is 0. The van der Waals surface area contributed by atoms with Crippen LogP contribution in [0.1, 0.15) is 5.56 Å². The molecule has 0 aliphatic rings. The number of nitrogen functional groups attached to an aromatic ring is 2. The van der Waals surface area contributed by atoms with E-state index in [0.717, 1.165) is 11.1 Å². The molecule has 0 saturated heterocycles. The molecule has 86 valence electrons. The second kappa shape index (κ2) is 5.19. The molecule has 4 nitrogen and oxygen atoms in total. The first-order chi connectivity index (χ1) is 7.70. The maximum atomic E-state index is 8.79. The van der Waals surface area contributed by atoms with Gasteiger partial charge in [0.2, 0.25) is 0 Å². The van der Waals surface area contributed by atoms with Crippen LogP contribution in [0.5, 0.6) is 0 Å². The van der Waals surface area contributed by atoms with E-state index in [0.29, 0.717) is 16.9 Å². The van der Waals surface area contributed by atoms with Gasteiger partial charge in [0.25, 0.3) is 0 Å². The van der Waals surface area contributed by atoms with Crippen molar-refractivity contribution < 1.29 is 0 Å². The molecule has 4 N–H and O–H groups in total. The fourth-order valence-corrected chi connectivity index (χ4v) is 1.47. The smallest absolute Gasteiger partial charge is 0.101 e. The van der Waals surface area contributed by atoms with Crippen LogP contribution in [0.2, 0.25) is 0 Å². The number of nitriles is 1. The first-order valence-electron chi connectivity index (χ1n) is 4.71. The molecule has 2 aromatic rings. The number of hydrogen-bond acceptors (Lipinski definition) is 4.